The molecule has 230 valence electrons. The van der Waals surface area contributed by atoms with Crippen LogP contribution in [0.3, 0.4) is 0 Å². The van der Waals surface area contributed by atoms with Gasteiger partial charge in [0.2, 0.25) is 4.96 Å². The Labute approximate surface area is 267 Å². The third kappa shape index (κ3) is 6.21. The highest BCUT2D eigenvalue weighted by molar-refractivity contribution is 7.18. The minimum atomic E-state index is -0.161. The number of benzene rings is 4. The first-order valence-electron chi connectivity index (χ1n) is 14.4. The lowest BCUT2D eigenvalue weighted by atomic mass is 10.2. The summed E-state index contributed by atoms with van der Waals surface area (Å²) < 4.78 is 30.9. The number of nitrogens with one attached hydrogen (secondary N) is 1. The fourth-order valence-electron chi connectivity index (χ4n) is 4.91. The Hall–Kier alpha value is -5.81. The van der Waals surface area contributed by atoms with E-state index in [4.69, 9.17) is 23.4 Å². The van der Waals surface area contributed by atoms with Crippen molar-refractivity contribution in [2.45, 2.75) is 13.2 Å². The molecule has 0 aliphatic carbocycles. The van der Waals surface area contributed by atoms with E-state index in [0.29, 0.717) is 68.9 Å². The van der Waals surface area contributed by atoms with E-state index in [-0.39, 0.29) is 5.91 Å². The number of amides is 1. The molecule has 46 heavy (non-hydrogen) atoms. The van der Waals surface area contributed by atoms with Crippen molar-refractivity contribution in [3.05, 3.63) is 120 Å². The predicted octanol–water partition coefficient (Wildman–Crippen LogP) is 7.63. The van der Waals surface area contributed by atoms with Gasteiger partial charge in [-0.2, -0.15) is 0 Å². The van der Waals surface area contributed by atoms with Crippen LogP contribution in [0, 0.1) is 0 Å². The van der Waals surface area contributed by atoms with Crippen LogP contribution in [0.4, 0.5) is 5.69 Å². The number of nitrogens with zero attached hydrogens (tertiary/aromatic N) is 3. The number of rotatable bonds is 11. The van der Waals surface area contributed by atoms with E-state index >= 15 is 0 Å². The van der Waals surface area contributed by atoms with E-state index in [1.54, 1.807) is 37.1 Å². The van der Waals surface area contributed by atoms with Gasteiger partial charge in [0, 0.05) is 23.4 Å². The highest BCUT2D eigenvalue weighted by atomic mass is 32.1. The van der Waals surface area contributed by atoms with Gasteiger partial charge in [-0.25, -0.2) is 9.50 Å². The normalized spacial score (nSPS) is 11.1. The zero-order valence-electron chi connectivity index (χ0n) is 24.9. The van der Waals surface area contributed by atoms with Gasteiger partial charge in [-0.3, -0.25) is 4.79 Å². The molecule has 0 aliphatic heterocycles. The smallest absolute Gasteiger partial charge is 0.294 e. The number of carbonyl (C=O) groups excluding carboxylic acids is 1. The molecule has 3 aromatic heterocycles. The van der Waals surface area contributed by atoms with E-state index in [1.807, 2.05) is 84.9 Å². The summed E-state index contributed by atoms with van der Waals surface area (Å²) in [7, 11) is 3.18. The largest absolute Gasteiger partial charge is 0.496 e. The quantitative estimate of drug-likeness (QED) is 0.155. The van der Waals surface area contributed by atoms with E-state index < -0.39 is 0 Å². The van der Waals surface area contributed by atoms with E-state index in [2.05, 4.69) is 15.4 Å². The highest BCUT2D eigenvalue weighted by Gasteiger charge is 2.17. The van der Waals surface area contributed by atoms with Gasteiger partial charge in [0.05, 0.1) is 25.8 Å². The zero-order chi connectivity index (χ0) is 31.5. The van der Waals surface area contributed by atoms with Crippen molar-refractivity contribution in [2.24, 2.45) is 0 Å². The van der Waals surface area contributed by atoms with E-state index in [0.717, 1.165) is 16.5 Å². The molecule has 1 N–H and O–H groups in total. The number of hydrogen-bond donors (Lipinski definition) is 1. The lowest BCUT2D eigenvalue weighted by Crippen LogP contribution is -2.11. The summed E-state index contributed by atoms with van der Waals surface area (Å²) in [6.45, 7) is 0.632. The van der Waals surface area contributed by atoms with Gasteiger partial charge in [0.1, 0.15) is 41.7 Å². The minimum Gasteiger partial charge on any atom is -0.496 e. The second-order valence-electron chi connectivity index (χ2n) is 10.3. The molecule has 10 nitrogen and oxygen atoms in total. The number of imidazole rings is 1. The average Bonchev–Trinajstić information content (AvgIpc) is 3.80. The molecule has 0 radical (unpaired) electrons. The molecule has 0 unspecified atom stereocenters. The Kier molecular flexibility index (Phi) is 7.96. The van der Waals surface area contributed by atoms with Gasteiger partial charge < -0.3 is 28.7 Å². The fraction of sp³-hybridized carbons (Fsp3) is 0.114. The van der Waals surface area contributed by atoms with Crippen molar-refractivity contribution < 1.29 is 28.2 Å². The number of carbonyl (C=O) groups is 1. The van der Waals surface area contributed by atoms with Gasteiger partial charge in [-0.1, -0.05) is 42.5 Å². The molecule has 3 heterocycles. The van der Waals surface area contributed by atoms with Crippen LogP contribution in [-0.4, -0.2) is 34.7 Å². The summed E-state index contributed by atoms with van der Waals surface area (Å²) in [6.07, 6.45) is 1.80. The van der Waals surface area contributed by atoms with Gasteiger partial charge in [-0.05, 0) is 64.9 Å². The first-order chi connectivity index (χ1) is 22.5. The van der Waals surface area contributed by atoms with Crippen LogP contribution < -0.4 is 24.3 Å². The first-order valence-corrected chi connectivity index (χ1v) is 15.2. The number of furan rings is 1. The van der Waals surface area contributed by atoms with Crippen LogP contribution in [0.15, 0.2) is 108 Å². The monoisotopic (exact) mass is 632 g/mol. The molecular formula is C35H28N4O6S. The second-order valence-corrected chi connectivity index (χ2v) is 11.2. The maximum atomic E-state index is 12.5. The van der Waals surface area contributed by atoms with Crippen molar-refractivity contribution in [2.75, 3.05) is 19.5 Å². The Morgan fingerprint density at radius 2 is 1.65 bits per heavy atom. The SMILES string of the molecule is COc1cc(OCc2cccc(OCc3cccc(NC(=O)c4ccccc4)c3)c2)c2cc(-c3cn4nc(OC)sc4n3)oc2c1. The number of fused-ring (bicyclic) bond motifs is 2. The molecular weight excluding hydrogens is 604 g/mol. The average molecular weight is 633 g/mol. The first kappa shape index (κ1) is 28.9. The third-order valence-corrected chi connectivity index (χ3v) is 8.06. The van der Waals surface area contributed by atoms with E-state index in [9.17, 15) is 4.79 Å². The maximum absolute atomic E-state index is 12.5. The molecule has 7 rings (SSSR count). The lowest BCUT2D eigenvalue weighted by Gasteiger charge is -2.12. The van der Waals surface area contributed by atoms with Crippen molar-refractivity contribution in [3.8, 4) is 33.9 Å². The molecule has 0 atom stereocenters. The standard InChI is InChI=1S/C35H28N4O6S/c1-41-27-16-30(28-18-32(45-31(28)17-27)29-19-39-34(37-29)46-35(38-39)42-2)44-21-23-9-7-13-26(15-23)43-20-22-8-6-12-25(14-22)36-33(40)24-10-4-3-5-11-24/h3-19H,20-21H2,1-2H3,(H,36,40). The zero-order valence-corrected chi connectivity index (χ0v) is 25.7. The summed E-state index contributed by atoms with van der Waals surface area (Å²) in [5.74, 6) is 2.35. The topological polar surface area (TPSA) is 109 Å². The van der Waals surface area contributed by atoms with Crippen LogP contribution in [0.2, 0.25) is 0 Å². The fourth-order valence-corrected chi connectivity index (χ4v) is 5.61. The number of methoxy groups -OCH3 is 2. The number of aromatic nitrogens is 3. The van der Waals surface area contributed by atoms with Crippen LogP contribution in [0.1, 0.15) is 21.5 Å². The van der Waals surface area contributed by atoms with Gasteiger partial charge in [-0.15, -0.1) is 5.10 Å². The van der Waals surface area contributed by atoms with Gasteiger partial charge >= 0.3 is 0 Å². The highest BCUT2D eigenvalue weighted by Crippen LogP contribution is 2.37. The minimum absolute atomic E-state index is 0.161. The van der Waals surface area contributed by atoms with Crippen LogP contribution >= 0.6 is 11.3 Å². The summed E-state index contributed by atoms with van der Waals surface area (Å²) in [5, 5.41) is 8.61. The predicted molar refractivity (Wildman–Crippen MR) is 175 cm³/mol. The molecule has 0 aliphatic rings. The molecule has 0 saturated heterocycles. The Balaban J connectivity index is 1.03. The molecule has 0 fully saturated rings. The number of anilines is 1. The third-order valence-electron chi connectivity index (χ3n) is 7.18. The molecule has 1 amide bonds. The van der Waals surface area contributed by atoms with Crippen LogP contribution in [0.5, 0.6) is 22.4 Å². The molecule has 4 aromatic carbocycles. The number of hydrogen-bond acceptors (Lipinski definition) is 9. The maximum Gasteiger partial charge on any atom is 0.294 e. The van der Waals surface area contributed by atoms with E-state index in [1.165, 1.54) is 11.3 Å². The molecule has 0 saturated carbocycles. The Bertz CT molecular complexity index is 2120. The molecule has 0 spiro atoms. The van der Waals surface area contributed by atoms with Crippen LogP contribution in [-0.2, 0) is 13.2 Å². The second kappa shape index (κ2) is 12.7. The summed E-state index contributed by atoms with van der Waals surface area (Å²) in [6, 6.07) is 30.0. The number of ether oxygens (including phenoxy) is 4. The van der Waals surface area contributed by atoms with Crippen molar-refractivity contribution in [1.29, 1.82) is 0 Å². The van der Waals surface area contributed by atoms with Crippen molar-refractivity contribution >= 4 is 38.9 Å². The summed E-state index contributed by atoms with van der Waals surface area (Å²) in [5.41, 5.74) is 4.42. The lowest BCUT2D eigenvalue weighted by molar-refractivity contribution is 0.102. The van der Waals surface area contributed by atoms with Crippen molar-refractivity contribution in [1.82, 2.24) is 14.6 Å². The Morgan fingerprint density at radius 3 is 2.46 bits per heavy atom. The Morgan fingerprint density at radius 1 is 0.848 bits per heavy atom. The summed E-state index contributed by atoms with van der Waals surface area (Å²) >= 11 is 1.35. The summed E-state index contributed by atoms with van der Waals surface area (Å²) in [4.78, 5) is 17.9. The van der Waals surface area contributed by atoms with Crippen LogP contribution in [0.25, 0.3) is 27.4 Å². The van der Waals surface area contributed by atoms with Gasteiger partial charge in [0.25, 0.3) is 11.1 Å². The van der Waals surface area contributed by atoms with Gasteiger partial charge in [0.15, 0.2) is 5.76 Å². The van der Waals surface area contributed by atoms with Crippen molar-refractivity contribution in [3.63, 3.8) is 0 Å². The molecule has 7 aromatic rings. The molecule has 0 bridgehead atoms. The molecule has 11 heteroatoms.